The number of anilines is 1. The highest BCUT2D eigenvalue weighted by atomic mass is 19.4. The van der Waals surface area contributed by atoms with Crippen LogP contribution in [0.4, 0.5) is 18.9 Å². The summed E-state index contributed by atoms with van der Waals surface area (Å²) in [5.74, 6) is -2.10. The van der Waals surface area contributed by atoms with Crippen LogP contribution < -0.4 is 15.0 Å². The highest BCUT2D eigenvalue weighted by molar-refractivity contribution is 6.03. The summed E-state index contributed by atoms with van der Waals surface area (Å²) in [7, 11) is 0. The van der Waals surface area contributed by atoms with Crippen molar-refractivity contribution in [1.82, 2.24) is 5.32 Å². The molecule has 0 bridgehead atoms. The molecule has 2 amide bonds. The zero-order valence-electron chi connectivity index (χ0n) is 22.6. The summed E-state index contributed by atoms with van der Waals surface area (Å²) in [5.41, 5.74) is -0.903. The van der Waals surface area contributed by atoms with E-state index >= 15 is 0 Å². The number of carboxylic acid groups (broad SMARTS) is 1. The smallest absolute Gasteiger partial charge is 0.419 e. The van der Waals surface area contributed by atoms with E-state index in [9.17, 15) is 32.7 Å². The van der Waals surface area contributed by atoms with Crippen LogP contribution in [0.5, 0.6) is 11.5 Å². The molecule has 0 aromatic heterocycles. The summed E-state index contributed by atoms with van der Waals surface area (Å²) >= 11 is 0. The highest BCUT2D eigenvalue weighted by Crippen LogP contribution is 2.40. The maximum atomic E-state index is 13.8. The topological polar surface area (TPSA) is 95.9 Å². The molecule has 1 saturated carbocycles. The summed E-state index contributed by atoms with van der Waals surface area (Å²) in [4.78, 5) is 38.4. The van der Waals surface area contributed by atoms with Gasteiger partial charge in [0.1, 0.15) is 11.5 Å². The van der Waals surface area contributed by atoms with Gasteiger partial charge in [-0.3, -0.25) is 9.59 Å². The van der Waals surface area contributed by atoms with Gasteiger partial charge in [-0.2, -0.15) is 13.2 Å². The first-order chi connectivity index (χ1) is 18.3. The maximum Gasteiger partial charge on any atom is 0.419 e. The van der Waals surface area contributed by atoms with Crippen LogP contribution in [0.1, 0.15) is 81.3 Å². The maximum absolute atomic E-state index is 13.8. The first-order valence-corrected chi connectivity index (χ1v) is 13.1. The Hall–Kier alpha value is -3.56. The summed E-state index contributed by atoms with van der Waals surface area (Å²) in [6, 6.07) is 6.98. The number of amides is 2. The van der Waals surface area contributed by atoms with Crippen LogP contribution in [0, 0.1) is 11.8 Å². The second-order valence-corrected chi connectivity index (χ2v) is 10.3. The number of nitrogens with zero attached hydrogens (tertiary/aromatic N) is 1. The van der Waals surface area contributed by atoms with Gasteiger partial charge in [0.05, 0.1) is 16.8 Å². The fourth-order valence-electron chi connectivity index (χ4n) is 4.98. The van der Waals surface area contributed by atoms with E-state index in [0.717, 1.165) is 50.3 Å². The molecule has 1 aliphatic rings. The van der Waals surface area contributed by atoms with E-state index in [2.05, 4.69) is 12.2 Å². The average Bonchev–Trinajstić information content (AvgIpc) is 2.87. The number of hydrogen-bond donors (Lipinski definition) is 2. The third-order valence-corrected chi connectivity index (χ3v) is 7.10. The first-order valence-electron chi connectivity index (χ1n) is 13.1. The molecule has 0 atom stereocenters. The third-order valence-electron chi connectivity index (χ3n) is 7.10. The molecule has 0 aliphatic heterocycles. The van der Waals surface area contributed by atoms with Gasteiger partial charge in [0.25, 0.3) is 0 Å². The molecular weight excluding hydrogens is 513 g/mol. The zero-order chi connectivity index (χ0) is 28.9. The van der Waals surface area contributed by atoms with Gasteiger partial charge in [-0.05, 0) is 81.3 Å². The standard InChI is InChI=1S/C29H35F3N2O5/c1-5-19-6-9-21(10-7-19)27(36)34(17(2)3)25-12-11-22(15-23(25)28(37)38)39-26-13-8-20(16-33-18(4)35)14-24(26)29(30,31)32/h8,11-15,17,19,21H,5-7,9-10,16H2,1-4H3,(H,33,35)(H,37,38). The predicted octanol–water partition coefficient (Wildman–Crippen LogP) is 6.79. The van der Waals surface area contributed by atoms with Crippen LogP contribution in [0.25, 0.3) is 0 Å². The van der Waals surface area contributed by atoms with Gasteiger partial charge < -0.3 is 20.1 Å². The van der Waals surface area contributed by atoms with E-state index < -0.39 is 23.5 Å². The number of halogens is 3. The lowest BCUT2D eigenvalue weighted by molar-refractivity contribution is -0.138. The average molecular weight is 549 g/mol. The lowest BCUT2D eigenvalue weighted by Gasteiger charge is -2.34. The Morgan fingerprint density at radius 1 is 1.08 bits per heavy atom. The van der Waals surface area contributed by atoms with Crippen molar-refractivity contribution in [3.8, 4) is 11.5 Å². The number of benzene rings is 2. The molecule has 0 radical (unpaired) electrons. The Labute approximate surface area is 226 Å². The van der Waals surface area contributed by atoms with E-state index in [1.54, 1.807) is 13.8 Å². The summed E-state index contributed by atoms with van der Waals surface area (Å²) in [6.07, 6.45) is -0.321. The van der Waals surface area contributed by atoms with E-state index in [4.69, 9.17) is 4.74 Å². The van der Waals surface area contributed by atoms with Crippen molar-refractivity contribution in [3.63, 3.8) is 0 Å². The van der Waals surface area contributed by atoms with Gasteiger partial charge in [0.2, 0.25) is 11.8 Å². The van der Waals surface area contributed by atoms with Crippen LogP contribution in [-0.2, 0) is 22.3 Å². The quantitative estimate of drug-likeness (QED) is 0.360. The van der Waals surface area contributed by atoms with Crippen molar-refractivity contribution in [3.05, 3.63) is 53.1 Å². The molecule has 0 saturated heterocycles. The number of carbonyl (C=O) groups is 3. The number of carbonyl (C=O) groups excluding carboxylic acids is 2. The van der Waals surface area contributed by atoms with Gasteiger partial charge in [-0.1, -0.05) is 19.4 Å². The minimum Gasteiger partial charge on any atom is -0.478 e. The van der Waals surface area contributed by atoms with Crippen molar-refractivity contribution in [2.75, 3.05) is 4.90 Å². The number of rotatable bonds is 9. The minimum atomic E-state index is -4.76. The Morgan fingerprint density at radius 3 is 2.28 bits per heavy atom. The summed E-state index contributed by atoms with van der Waals surface area (Å²) in [6.45, 7) is 6.90. The molecule has 212 valence electrons. The van der Waals surface area contributed by atoms with E-state index in [0.29, 0.717) is 5.92 Å². The second kappa shape index (κ2) is 12.5. The fraction of sp³-hybridized carbons (Fsp3) is 0.483. The van der Waals surface area contributed by atoms with Gasteiger partial charge in [0, 0.05) is 25.4 Å². The molecule has 0 unspecified atom stereocenters. The molecule has 1 fully saturated rings. The summed E-state index contributed by atoms with van der Waals surface area (Å²) < 4.78 is 46.9. The second-order valence-electron chi connectivity index (χ2n) is 10.3. The minimum absolute atomic E-state index is 0.0876. The first kappa shape index (κ1) is 30.0. The molecule has 2 aromatic carbocycles. The number of carboxylic acids is 1. The SMILES string of the molecule is CCC1CCC(C(=O)N(c2ccc(Oc3ccc(CNC(C)=O)cc3C(F)(F)F)cc2C(=O)O)C(C)C)CC1. The molecule has 1 aliphatic carbocycles. The molecule has 10 heteroatoms. The predicted molar refractivity (Wildman–Crippen MR) is 141 cm³/mol. The highest BCUT2D eigenvalue weighted by Gasteiger charge is 2.36. The van der Waals surface area contributed by atoms with Gasteiger partial charge >= 0.3 is 12.1 Å². The van der Waals surface area contributed by atoms with Crippen LogP contribution in [0.2, 0.25) is 0 Å². The Kier molecular flexibility index (Phi) is 9.63. The van der Waals surface area contributed by atoms with Crippen LogP contribution in [0.15, 0.2) is 36.4 Å². The number of ether oxygens (including phenoxy) is 1. The van der Waals surface area contributed by atoms with Gasteiger partial charge in [0.15, 0.2) is 0 Å². The zero-order valence-corrected chi connectivity index (χ0v) is 22.6. The molecule has 7 nitrogen and oxygen atoms in total. The molecular formula is C29H35F3N2O5. The number of nitrogens with one attached hydrogen (secondary N) is 1. The fourth-order valence-corrected chi connectivity index (χ4v) is 4.98. The van der Waals surface area contributed by atoms with Crippen molar-refractivity contribution in [2.24, 2.45) is 11.8 Å². The van der Waals surface area contributed by atoms with E-state index in [1.807, 2.05) is 0 Å². The van der Waals surface area contributed by atoms with Gasteiger partial charge in [-0.15, -0.1) is 0 Å². The van der Waals surface area contributed by atoms with Crippen LogP contribution in [-0.4, -0.2) is 28.9 Å². The lowest BCUT2D eigenvalue weighted by Crippen LogP contribution is -2.43. The lowest BCUT2D eigenvalue weighted by atomic mass is 9.80. The molecule has 0 spiro atoms. The van der Waals surface area contributed by atoms with Gasteiger partial charge in [-0.25, -0.2) is 4.79 Å². The monoisotopic (exact) mass is 548 g/mol. The van der Waals surface area contributed by atoms with E-state index in [1.165, 1.54) is 30.0 Å². The summed E-state index contributed by atoms with van der Waals surface area (Å²) in [5, 5.41) is 12.4. The van der Waals surface area contributed by atoms with Crippen LogP contribution >= 0.6 is 0 Å². The Bertz CT molecular complexity index is 1200. The molecule has 39 heavy (non-hydrogen) atoms. The number of alkyl halides is 3. The van der Waals surface area contributed by atoms with E-state index in [-0.39, 0.29) is 52.9 Å². The van der Waals surface area contributed by atoms with Crippen molar-refractivity contribution in [1.29, 1.82) is 0 Å². The third kappa shape index (κ3) is 7.52. The number of hydrogen-bond acceptors (Lipinski definition) is 4. The number of aromatic carboxylic acids is 1. The van der Waals surface area contributed by atoms with Crippen molar-refractivity contribution >= 4 is 23.5 Å². The molecule has 3 rings (SSSR count). The Morgan fingerprint density at radius 2 is 1.74 bits per heavy atom. The largest absolute Gasteiger partial charge is 0.478 e. The van der Waals surface area contributed by atoms with Crippen molar-refractivity contribution in [2.45, 2.75) is 78.6 Å². The normalized spacial score (nSPS) is 17.5. The molecule has 0 heterocycles. The molecule has 2 N–H and O–H groups in total. The van der Waals surface area contributed by atoms with Crippen molar-refractivity contribution < 1.29 is 37.4 Å². The Balaban J connectivity index is 1.93. The van der Waals surface area contributed by atoms with Crippen LogP contribution in [0.3, 0.4) is 0 Å². The molecule has 2 aromatic rings.